The average molecular weight is 245 g/mol. The van der Waals surface area contributed by atoms with Crippen molar-refractivity contribution in [3.05, 3.63) is 70.0 Å². The Morgan fingerprint density at radius 3 is 2.35 bits per heavy atom. The summed E-state index contributed by atoms with van der Waals surface area (Å²) in [6, 6.07) is 12.1. The summed E-state index contributed by atoms with van der Waals surface area (Å²) in [5.74, 6) is 5.57. The van der Waals surface area contributed by atoms with E-state index in [-0.39, 0.29) is 5.82 Å². The van der Waals surface area contributed by atoms with E-state index < -0.39 is 0 Å². The average Bonchev–Trinajstić information content (AvgIpc) is 2.30. The van der Waals surface area contributed by atoms with Gasteiger partial charge in [-0.3, -0.25) is 0 Å². The first-order valence-electron chi connectivity index (χ1n) is 5.19. The maximum absolute atomic E-state index is 12.8. The van der Waals surface area contributed by atoms with Crippen molar-refractivity contribution in [3.8, 4) is 11.8 Å². The summed E-state index contributed by atoms with van der Waals surface area (Å²) in [5, 5.41) is 0.338. The van der Waals surface area contributed by atoms with Gasteiger partial charge in [0.25, 0.3) is 0 Å². The van der Waals surface area contributed by atoms with Crippen LogP contribution >= 0.6 is 11.6 Å². The predicted octanol–water partition coefficient (Wildman–Crippen LogP) is 4.19. The van der Waals surface area contributed by atoms with Crippen LogP contribution in [0.1, 0.15) is 16.7 Å². The number of aryl methyl sites for hydroxylation is 1. The molecule has 0 heterocycles. The van der Waals surface area contributed by atoms with Gasteiger partial charge in [0, 0.05) is 11.1 Å². The minimum absolute atomic E-state index is 0.338. The van der Waals surface area contributed by atoms with E-state index in [0.717, 1.165) is 5.56 Å². The van der Waals surface area contributed by atoms with Crippen molar-refractivity contribution < 1.29 is 4.39 Å². The van der Waals surface area contributed by atoms with Crippen LogP contribution in [0.4, 0.5) is 4.39 Å². The molecule has 0 radical (unpaired) electrons. The van der Waals surface area contributed by atoms with Crippen LogP contribution in [0.25, 0.3) is 0 Å². The highest BCUT2D eigenvalue weighted by molar-refractivity contribution is 6.31. The summed E-state index contributed by atoms with van der Waals surface area (Å²) >= 11 is 5.88. The predicted molar refractivity (Wildman–Crippen MR) is 68.6 cm³/mol. The molecule has 0 spiro atoms. The van der Waals surface area contributed by atoms with Crippen molar-refractivity contribution in [3.63, 3.8) is 0 Å². The minimum Gasteiger partial charge on any atom is -0.207 e. The molecule has 0 bridgehead atoms. The number of rotatable bonds is 0. The molecule has 0 saturated heterocycles. The second kappa shape index (κ2) is 5.03. The standard InChI is InChI=1S/C15H10ClF/c1-11-2-4-12(5-3-11)6-7-13-8-9-14(17)10-15(13)16/h2-5,8-10H,1H3. The van der Waals surface area contributed by atoms with Gasteiger partial charge in [-0.15, -0.1) is 0 Å². The third-order valence-electron chi connectivity index (χ3n) is 2.32. The molecule has 0 aliphatic rings. The van der Waals surface area contributed by atoms with Gasteiger partial charge >= 0.3 is 0 Å². The fourth-order valence-electron chi connectivity index (χ4n) is 1.37. The Bertz CT molecular complexity index is 589. The van der Waals surface area contributed by atoms with E-state index in [1.54, 1.807) is 6.07 Å². The van der Waals surface area contributed by atoms with Crippen LogP contribution < -0.4 is 0 Å². The zero-order chi connectivity index (χ0) is 12.3. The summed E-state index contributed by atoms with van der Waals surface area (Å²) in [6.45, 7) is 2.02. The summed E-state index contributed by atoms with van der Waals surface area (Å²) in [5.41, 5.74) is 2.74. The topological polar surface area (TPSA) is 0 Å². The van der Waals surface area contributed by atoms with Gasteiger partial charge in [0.15, 0.2) is 0 Å². The third-order valence-corrected chi connectivity index (χ3v) is 2.64. The van der Waals surface area contributed by atoms with E-state index in [1.165, 1.54) is 17.7 Å². The highest BCUT2D eigenvalue weighted by atomic mass is 35.5. The molecule has 0 nitrogen and oxygen atoms in total. The molecule has 0 saturated carbocycles. The van der Waals surface area contributed by atoms with Crippen LogP contribution in [0.15, 0.2) is 42.5 Å². The molecule has 0 aliphatic carbocycles. The SMILES string of the molecule is Cc1ccc(C#Cc2ccc(F)cc2Cl)cc1. The maximum atomic E-state index is 12.8. The maximum Gasteiger partial charge on any atom is 0.124 e. The van der Waals surface area contributed by atoms with Crippen molar-refractivity contribution in [2.24, 2.45) is 0 Å². The number of halogens is 2. The van der Waals surface area contributed by atoms with Gasteiger partial charge in [-0.1, -0.05) is 41.1 Å². The zero-order valence-electron chi connectivity index (χ0n) is 9.30. The Labute approximate surface area is 105 Å². The fourth-order valence-corrected chi connectivity index (χ4v) is 1.58. The lowest BCUT2D eigenvalue weighted by Gasteiger charge is -1.95. The molecule has 84 valence electrons. The molecule has 0 amide bonds. The first kappa shape index (κ1) is 11.7. The molecular weight excluding hydrogens is 235 g/mol. The fraction of sp³-hybridized carbons (Fsp3) is 0.0667. The molecule has 0 fully saturated rings. The lowest BCUT2D eigenvalue weighted by Crippen LogP contribution is -1.80. The van der Waals surface area contributed by atoms with Gasteiger partial charge in [0.05, 0.1) is 5.02 Å². The first-order valence-corrected chi connectivity index (χ1v) is 5.57. The number of hydrogen-bond donors (Lipinski definition) is 0. The minimum atomic E-state index is -0.351. The molecule has 2 aromatic carbocycles. The van der Waals surface area contributed by atoms with Crippen LogP contribution in [-0.2, 0) is 0 Å². The van der Waals surface area contributed by atoms with Crippen LogP contribution in [-0.4, -0.2) is 0 Å². The monoisotopic (exact) mass is 244 g/mol. The Kier molecular flexibility index (Phi) is 3.46. The second-order valence-corrected chi connectivity index (χ2v) is 4.15. The second-order valence-electron chi connectivity index (χ2n) is 3.74. The van der Waals surface area contributed by atoms with E-state index in [4.69, 9.17) is 11.6 Å². The van der Waals surface area contributed by atoms with Crippen LogP contribution in [0.5, 0.6) is 0 Å². The third kappa shape index (κ3) is 3.09. The Morgan fingerprint density at radius 2 is 1.71 bits per heavy atom. The molecule has 2 rings (SSSR count). The van der Waals surface area contributed by atoms with Gasteiger partial charge in [-0.05, 0) is 37.3 Å². The summed E-state index contributed by atoms with van der Waals surface area (Å²) in [6.07, 6.45) is 0. The van der Waals surface area contributed by atoms with Crippen LogP contribution in [0, 0.1) is 24.6 Å². The van der Waals surface area contributed by atoms with Gasteiger partial charge < -0.3 is 0 Å². The molecular formula is C15H10ClF. The van der Waals surface area contributed by atoms with Crippen molar-refractivity contribution in [1.29, 1.82) is 0 Å². The lowest BCUT2D eigenvalue weighted by atomic mass is 10.1. The quantitative estimate of drug-likeness (QED) is 0.610. The zero-order valence-corrected chi connectivity index (χ0v) is 10.1. The van der Waals surface area contributed by atoms with Crippen molar-refractivity contribution >= 4 is 11.6 Å². The molecule has 0 N–H and O–H groups in total. The van der Waals surface area contributed by atoms with Crippen molar-refractivity contribution in [2.45, 2.75) is 6.92 Å². The first-order chi connectivity index (χ1) is 8.15. The lowest BCUT2D eigenvalue weighted by molar-refractivity contribution is 0.628. The van der Waals surface area contributed by atoms with E-state index in [1.807, 2.05) is 31.2 Å². The van der Waals surface area contributed by atoms with Gasteiger partial charge in [-0.2, -0.15) is 0 Å². The Hall–Kier alpha value is -1.78. The highest BCUT2D eigenvalue weighted by Gasteiger charge is 1.98. The summed E-state index contributed by atoms with van der Waals surface area (Å²) in [4.78, 5) is 0. The van der Waals surface area contributed by atoms with Gasteiger partial charge in [0.1, 0.15) is 5.82 Å². The van der Waals surface area contributed by atoms with Gasteiger partial charge in [0.2, 0.25) is 0 Å². The smallest absolute Gasteiger partial charge is 0.124 e. The Morgan fingerprint density at radius 1 is 1.00 bits per heavy atom. The summed E-state index contributed by atoms with van der Waals surface area (Å²) in [7, 11) is 0. The molecule has 0 aliphatic heterocycles. The van der Waals surface area contributed by atoms with Crippen molar-refractivity contribution in [1.82, 2.24) is 0 Å². The van der Waals surface area contributed by atoms with Crippen molar-refractivity contribution in [2.75, 3.05) is 0 Å². The van der Waals surface area contributed by atoms with Gasteiger partial charge in [-0.25, -0.2) is 4.39 Å². The van der Waals surface area contributed by atoms with E-state index in [9.17, 15) is 4.39 Å². The number of hydrogen-bond acceptors (Lipinski definition) is 0. The van der Waals surface area contributed by atoms with E-state index >= 15 is 0 Å². The normalized spacial score (nSPS) is 9.59. The molecule has 2 aromatic rings. The summed E-state index contributed by atoms with van der Waals surface area (Å²) < 4.78 is 12.8. The van der Waals surface area contributed by atoms with Crippen LogP contribution in [0.2, 0.25) is 5.02 Å². The Balaban J connectivity index is 2.29. The molecule has 2 heteroatoms. The van der Waals surface area contributed by atoms with E-state index in [2.05, 4.69) is 11.8 Å². The molecule has 0 unspecified atom stereocenters. The molecule has 0 aromatic heterocycles. The van der Waals surface area contributed by atoms with Crippen LogP contribution in [0.3, 0.4) is 0 Å². The highest BCUT2D eigenvalue weighted by Crippen LogP contribution is 2.16. The largest absolute Gasteiger partial charge is 0.207 e. The number of benzene rings is 2. The molecule has 17 heavy (non-hydrogen) atoms. The van der Waals surface area contributed by atoms with E-state index in [0.29, 0.717) is 10.6 Å². The molecule has 0 atom stereocenters.